The van der Waals surface area contributed by atoms with E-state index >= 15 is 0 Å². The van der Waals surface area contributed by atoms with Gasteiger partial charge in [0.05, 0.1) is 11.1 Å². The Balaban J connectivity index is 1.62. The van der Waals surface area contributed by atoms with Crippen LogP contribution in [0.2, 0.25) is 5.02 Å². The molecule has 28 heavy (non-hydrogen) atoms. The highest BCUT2D eigenvalue weighted by Crippen LogP contribution is 2.35. The molecule has 0 saturated carbocycles. The first-order valence-electron chi connectivity index (χ1n) is 8.87. The number of carbonyl (C=O) groups excluding carboxylic acids is 1. The average molecular weight is 411 g/mol. The van der Waals surface area contributed by atoms with E-state index in [9.17, 15) is 4.79 Å². The number of ether oxygens (including phenoxy) is 1. The molecule has 1 atom stereocenters. The standard InChI is InChI=1S/C22H19ClN2O2S/c1-25(21(26)14-27-19-10-5-3-8-17(19)23)22(20-11-6-12-28-20)16-13-24-18-9-4-2-7-15(16)18/h2-13,22,24H,14H2,1H3/t22-/m0/s1. The fourth-order valence-corrected chi connectivity index (χ4v) is 4.34. The lowest BCUT2D eigenvalue weighted by Crippen LogP contribution is -2.35. The Bertz CT molecular complexity index is 1090. The van der Waals surface area contributed by atoms with Gasteiger partial charge in [0, 0.05) is 34.6 Å². The molecule has 0 radical (unpaired) electrons. The zero-order valence-electron chi connectivity index (χ0n) is 15.3. The summed E-state index contributed by atoms with van der Waals surface area (Å²) in [5.74, 6) is 0.384. The highest BCUT2D eigenvalue weighted by Gasteiger charge is 2.27. The number of likely N-dealkylation sites (N-methyl/N-ethyl adjacent to an activating group) is 1. The summed E-state index contributed by atoms with van der Waals surface area (Å²) in [4.78, 5) is 19.1. The number of halogens is 1. The fraction of sp³-hybridized carbons (Fsp3) is 0.136. The van der Waals surface area contributed by atoms with Gasteiger partial charge in [-0.2, -0.15) is 0 Å². The number of aromatic amines is 1. The van der Waals surface area contributed by atoms with Crippen LogP contribution in [0.25, 0.3) is 10.9 Å². The molecule has 2 aromatic carbocycles. The van der Waals surface area contributed by atoms with E-state index in [1.807, 2.05) is 55.0 Å². The molecule has 0 aliphatic rings. The smallest absolute Gasteiger partial charge is 0.261 e. The van der Waals surface area contributed by atoms with Gasteiger partial charge in [-0.1, -0.05) is 48.0 Å². The third-order valence-corrected chi connectivity index (χ3v) is 5.93. The van der Waals surface area contributed by atoms with Crippen LogP contribution < -0.4 is 4.74 Å². The zero-order valence-corrected chi connectivity index (χ0v) is 16.8. The lowest BCUT2D eigenvalue weighted by molar-refractivity contribution is -0.133. The molecule has 0 aliphatic heterocycles. The van der Waals surface area contributed by atoms with Crippen LogP contribution in [-0.2, 0) is 4.79 Å². The molecule has 0 aliphatic carbocycles. The molecule has 0 fully saturated rings. The van der Waals surface area contributed by atoms with Gasteiger partial charge in [0.1, 0.15) is 5.75 Å². The number of aromatic nitrogens is 1. The Morgan fingerprint density at radius 1 is 1.14 bits per heavy atom. The van der Waals surface area contributed by atoms with Gasteiger partial charge in [-0.15, -0.1) is 11.3 Å². The summed E-state index contributed by atoms with van der Waals surface area (Å²) in [5.41, 5.74) is 2.11. The van der Waals surface area contributed by atoms with Gasteiger partial charge >= 0.3 is 0 Å². The van der Waals surface area contributed by atoms with Gasteiger partial charge in [-0.3, -0.25) is 4.79 Å². The minimum Gasteiger partial charge on any atom is -0.482 e. The Labute approximate surface area is 172 Å². The summed E-state index contributed by atoms with van der Waals surface area (Å²) in [5, 5.41) is 3.62. The van der Waals surface area contributed by atoms with Crippen LogP contribution >= 0.6 is 22.9 Å². The molecule has 1 amide bonds. The molecular weight excluding hydrogens is 392 g/mol. The lowest BCUT2D eigenvalue weighted by Gasteiger charge is -2.27. The topological polar surface area (TPSA) is 45.3 Å². The molecule has 4 rings (SSSR count). The molecule has 4 aromatic rings. The van der Waals surface area contributed by atoms with E-state index < -0.39 is 0 Å². The molecule has 0 spiro atoms. The van der Waals surface area contributed by atoms with Crippen molar-refractivity contribution in [2.24, 2.45) is 0 Å². The third-order valence-electron chi connectivity index (χ3n) is 4.70. The lowest BCUT2D eigenvalue weighted by atomic mass is 10.0. The van der Waals surface area contributed by atoms with E-state index in [1.54, 1.807) is 28.4 Å². The second-order valence-electron chi connectivity index (χ2n) is 6.43. The molecule has 4 nitrogen and oxygen atoms in total. The van der Waals surface area contributed by atoms with Crippen molar-refractivity contribution in [3.8, 4) is 5.75 Å². The minimum atomic E-state index is -0.196. The number of hydrogen-bond acceptors (Lipinski definition) is 3. The van der Waals surface area contributed by atoms with Crippen LogP contribution in [0.3, 0.4) is 0 Å². The molecule has 1 N–H and O–H groups in total. The molecule has 0 unspecified atom stereocenters. The van der Waals surface area contributed by atoms with Crippen molar-refractivity contribution in [2.45, 2.75) is 6.04 Å². The minimum absolute atomic E-state index is 0.0789. The van der Waals surface area contributed by atoms with E-state index in [4.69, 9.17) is 16.3 Å². The van der Waals surface area contributed by atoms with Gasteiger partial charge in [-0.25, -0.2) is 0 Å². The normalized spacial score (nSPS) is 12.1. The predicted molar refractivity (Wildman–Crippen MR) is 114 cm³/mol. The summed E-state index contributed by atoms with van der Waals surface area (Å²) in [6.07, 6.45) is 1.98. The highest BCUT2D eigenvalue weighted by atomic mass is 35.5. The van der Waals surface area contributed by atoms with Gasteiger partial charge < -0.3 is 14.6 Å². The Morgan fingerprint density at radius 3 is 2.71 bits per heavy atom. The van der Waals surface area contributed by atoms with Crippen LogP contribution in [-0.4, -0.2) is 29.4 Å². The number of rotatable bonds is 6. The van der Waals surface area contributed by atoms with E-state index in [1.165, 1.54) is 0 Å². The maximum absolute atomic E-state index is 12.9. The number of fused-ring (bicyclic) bond motifs is 1. The second kappa shape index (κ2) is 8.09. The van der Waals surface area contributed by atoms with E-state index in [0.717, 1.165) is 21.3 Å². The van der Waals surface area contributed by atoms with Crippen molar-refractivity contribution in [2.75, 3.05) is 13.7 Å². The molecule has 2 aromatic heterocycles. The number of amides is 1. The van der Waals surface area contributed by atoms with Gasteiger partial charge in [-0.05, 0) is 29.6 Å². The van der Waals surface area contributed by atoms with Crippen LogP contribution in [0.5, 0.6) is 5.75 Å². The first kappa shape index (κ1) is 18.6. The summed E-state index contributed by atoms with van der Waals surface area (Å²) < 4.78 is 5.66. The number of carbonyl (C=O) groups is 1. The number of H-pyrrole nitrogens is 1. The average Bonchev–Trinajstić information content (AvgIpc) is 3.38. The van der Waals surface area contributed by atoms with Gasteiger partial charge in [0.15, 0.2) is 6.61 Å². The Hall–Kier alpha value is -2.76. The molecular formula is C22H19ClN2O2S. The van der Waals surface area contributed by atoms with Crippen LogP contribution in [0.15, 0.2) is 72.2 Å². The third kappa shape index (κ3) is 3.63. The van der Waals surface area contributed by atoms with Crippen molar-refractivity contribution >= 4 is 39.7 Å². The van der Waals surface area contributed by atoms with Crippen molar-refractivity contribution < 1.29 is 9.53 Å². The van der Waals surface area contributed by atoms with Crippen molar-refractivity contribution in [3.63, 3.8) is 0 Å². The first-order valence-corrected chi connectivity index (χ1v) is 10.1. The predicted octanol–water partition coefficient (Wildman–Crippen LogP) is 5.51. The van der Waals surface area contributed by atoms with Gasteiger partial charge in [0.2, 0.25) is 0 Å². The monoisotopic (exact) mass is 410 g/mol. The van der Waals surface area contributed by atoms with E-state index in [0.29, 0.717) is 10.8 Å². The Kier molecular flexibility index (Phi) is 5.37. The SMILES string of the molecule is CN(C(=O)COc1ccccc1Cl)[C@H](c1cccs1)c1c[nH]c2ccccc12. The fourth-order valence-electron chi connectivity index (χ4n) is 3.27. The number of nitrogens with zero attached hydrogens (tertiary/aromatic N) is 1. The highest BCUT2D eigenvalue weighted by molar-refractivity contribution is 7.10. The first-order chi connectivity index (χ1) is 13.6. The van der Waals surface area contributed by atoms with Crippen LogP contribution in [0.1, 0.15) is 16.5 Å². The zero-order chi connectivity index (χ0) is 19.5. The molecule has 2 heterocycles. The van der Waals surface area contributed by atoms with E-state index in [-0.39, 0.29) is 18.6 Å². The number of para-hydroxylation sites is 2. The number of thiophene rings is 1. The molecule has 6 heteroatoms. The van der Waals surface area contributed by atoms with Crippen molar-refractivity contribution in [1.82, 2.24) is 9.88 Å². The quantitative estimate of drug-likeness (QED) is 0.455. The number of benzene rings is 2. The van der Waals surface area contributed by atoms with Crippen LogP contribution in [0.4, 0.5) is 0 Å². The Morgan fingerprint density at radius 2 is 1.93 bits per heavy atom. The maximum atomic E-state index is 12.9. The molecule has 0 saturated heterocycles. The molecule has 0 bridgehead atoms. The van der Waals surface area contributed by atoms with Crippen LogP contribution in [0, 0.1) is 0 Å². The number of nitrogens with one attached hydrogen (secondary N) is 1. The van der Waals surface area contributed by atoms with Crippen molar-refractivity contribution in [3.05, 3.63) is 87.7 Å². The van der Waals surface area contributed by atoms with Crippen molar-refractivity contribution in [1.29, 1.82) is 0 Å². The second-order valence-corrected chi connectivity index (χ2v) is 7.82. The summed E-state index contributed by atoms with van der Waals surface area (Å²) in [7, 11) is 1.81. The number of hydrogen-bond donors (Lipinski definition) is 1. The summed E-state index contributed by atoms with van der Waals surface area (Å²) in [6.45, 7) is -0.0789. The summed E-state index contributed by atoms with van der Waals surface area (Å²) in [6, 6.07) is 19.1. The largest absolute Gasteiger partial charge is 0.482 e. The maximum Gasteiger partial charge on any atom is 0.261 e. The molecule has 142 valence electrons. The van der Waals surface area contributed by atoms with E-state index in [2.05, 4.69) is 17.1 Å². The van der Waals surface area contributed by atoms with Gasteiger partial charge in [0.25, 0.3) is 5.91 Å². The summed E-state index contributed by atoms with van der Waals surface area (Å²) >= 11 is 7.76.